The van der Waals surface area contributed by atoms with Crippen molar-refractivity contribution in [1.82, 2.24) is 5.32 Å². The lowest BCUT2D eigenvalue weighted by molar-refractivity contribution is -0.117. The first kappa shape index (κ1) is 11.1. The molecule has 0 radical (unpaired) electrons. The highest BCUT2D eigenvalue weighted by Crippen LogP contribution is 1.84. The third-order valence-corrected chi connectivity index (χ3v) is 1.18. The van der Waals surface area contributed by atoms with Gasteiger partial charge in [0.25, 0.3) is 0 Å². The predicted octanol–water partition coefficient (Wildman–Crippen LogP) is -0.346. The molecule has 0 aliphatic rings. The van der Waals surface area contributed by atoms with Crippen LogP contribution in [0, 0.1) is 0 Å². The Morgan fingerprint density at radius 3 is 2.75 bits per heavy atom. The maximum absolute atomic E-state index is 10.9. The number of nitrogens with one attached hydrogen (secondary N) is 1. The Hall–Kier alpha value is -0.870. The monoisotopic (exact) mass is 172 g/mol. The molecule has 0 aromatic carbocycles. The minimum Gasteiger partial charge on any atom is -0.378 e. The van der Waals surface area contributed by atoms with Gasteiger partial charge in [-0.3, -0.25) is 4.79 Å². The summed E-state index contributed by atoms with van der Waals surface area (Å²) in [7, 11) is 0. The van der Waals surface area contributed by atoms with Crippen LogP contribution in [0.15, 0.2) is 12.2 Å². The quantitative estimate of drug-likeness (QED) is 0.425. The minimum atomic E-state index is -0.133. The van der Waals surface area contributed by atoms with Crippen LogP contribution >= 0.6 is 0 Å². The highest BCUT2D eigenvalue weighted by molar-refractivity contribution is 5.91. The van der Waals surface area contributed by atoms with Gasteiger partial charge < -0.3 is 15.8 Å². The van der Waals surface area contributed by atoms with Crippen LogP contribution in [0.2, 0.25) is 0 Å². The van der Waals surface area contributed by atoms with E-state index >= 15 is 0 Å². The van der Waals surface area contributed by atoms with Crippen molar-refractivity contribution >= 4 is 5.91 Å². The molecule has 0 fully saturated rings. The lowest BCUT2D eigenvalue weighted by Gasteiger charge is -2.04. The second-order valence-electron chi connectivity index (χ2n) is 2.44. The summed E-state index contributed by atoms with van der Waals surface area (Å²) in [6.07, 6.45) is 0. The molecule has 4 heteroatoms. The lowest BCUT2D eigenvalue weighted by atomic mass is 10.3. The minimum absolute atomic E-state index is 0.133. The van der Waals surface area contributed by atoms with E-state index in [1.165, 1.54) is 0 Å². The summed E-state index contributed by atoms with van der Waals surface area (Å²) in [5.41, 5.74) is 5.70. The molecule has 12 heavy (non-hydrogen) atoms. The van der Waals surface area contributed by atoms with Crippen molar-refractivity contribution in [3.63, 3.8) is 0 Å². The first-order chi connectivity index (χ1) is 5.68. The fourth-order valence-corrected chi connectivity index (χ4v) is 0.573. The maximum Gasteiger partial charge on any atom is 0.246 e. The highest BCUT2D eigenvalue weighted by Gasteiger charge is 1.98. The third kappa shape index (κ3) is 5.88. The van der Waals surface area contributed by atoms with Gasteiger partial charge in [0, 0.05) is 18.7 Å². The molecule has 0 spiro atoms. The van der Waals surface area contributed by atoms with Gasteiger partial charge in [-0.25, -0.2) is 0 Å². The van der Waals surface area contributed by atoms with Crippen LogP contribution in [0.4, 0.5) is 0 Å². The van der Waals surface area contributed by atoms with E-state index in [1.54, 1.807) is 6.92 Å². The molecule has 0 heterocycles. The number of carbonyl (C=O) groups is 1. The van der Waals surface area contributed by atoms with E-state index in [-0.39, 0.29) is 5.91 Å². The first-order valence-corrected chi connectivity index (χ1v) is 3.90. The van der Waals surface area contributed by atoms with E-state index in [2.05, 4.69) is 11.9 Å². The van der Waals surface area contributed by atoms with E-state index < -0.39 is 0 Å². The Morgan fingerprint density at radius 1 is 1.58 bits per heavy atom. The Balaban J connectivity index is 3.20. The maximum atomic E-state index is 10.9. The molecule has 0 unspecified atom stereocenters. The fraction of sp³-hybridized carbons (Fsp3) is 0.625. The summed E-state index contributed by atoms with van der Waals surface area (Å²) in [5.74, 6) is -0.133. The predicted molar refractivity (Wildman–Crippen MR) is 47.7 cm³/mol. The number of ether oxygens (including phenoxy) is 1. The Bertz CT molecular complexity index is 157. The molecule has 0 aromatic heterocycles. The zero-order valence-electron chi connectivity index (χ0n) is 7.43. The number of nitrogens with two attached hydrogens (primary N) is 1. The molecule has 0 rings (SSSR count). The second-order valence-corrected chi connectivity index (χ2v) is 2.44. The highest BCUT2D eigenvalue weighted by atomic mass is 16.5. The van der Waals surface area contributed by atoms with Gasteiger partial charge in [0.1, 0.15) is 0 Å². The van der Waals surface area contributed by atoms with Gasteiger partial charge in [0.15, 0.2) is 0 Å². The van der Waals surface area contributed by atoms with Crippen LogP contribution in [-0.2, 0) is 9.53 Å². The molecule has 0 saturated carbocycles. The van der Waals surface area contributed by atoms with Gasteiger partial charge in [-0.1, -0.05) is 6.58 Å². The molecule has 4 nitrogen and oxygen atoms in total. The summed E-state index contributed by atoms with van der Waals surface area (Å²) in [6, 6.07) is 0. The average molecular weight is 172 g/mol. The van der Waals surface area contributed by atoms with Crippen molar-refractivity contribution in [3.05, 3.63) is 12.2 Å². The normalized spacial score (nSPS) is 9.50. The number of carbonyl (C=O) groups excluding carboxylic acids is 1. The van der Waals surface area contributed by atoms with Crippen LogP contribution in [0.3, 0.4) is 0 Å². The lowest BCUT2D eigenvalue weighted by Crippen LogP contribution is -2.28. The molecule has 0 aromatic rings. The van der Waals surface area contributed by atoms with E-state index in [0.717, 1.165) is 0 Å². The van der Waals surface area contributed by atoms with E-state index in [9.17, 15) is 4.79 Å². The smallest absolute Gasteiger partial charge is 0.246 e. The summed E-state index contributed by atoms with van der Waals surface area (Å²) < 4.78 is 5.04. The average Bonchev–Trinajstić information content (AvgIpc) is 2.03. The summed E-state index contributed by atoms with van der Waals surface area (Å²) in [4.78, 5) is 10.9. The molecule has 70 valence electrons. The molecule has 0 aliphatic heterocycles. The van der Waals surface area contributed by atoms with Gasteiger partial charge in [0.05, 0.1) is 13.2 Å². The van der Waals surface area contributed by atoms with Crippen molar-refractivity contribution in [1.29, 1.82) is 0 Å². The van der Waals surface area contributed by atoms with Crippen LogP contribution in [0.25, 0.3) is 0 Å². The first-order valence-electron chi connectivity index (χ1n) is 3.90. The van der Waals surface area contributed by atoms with Crippen LogP contribution in [0.5, 0.6) is 0 Å². The van der Waals surface area contributed by atoms with Gasteiger partial charge in [-0.15, -0.1) is 0 Å². The molecular weight excluding hydrogens is 156 g/mol. The summed E-state index contributed by atoms with van der Waals surface area (Å²) >= 11 is 0. The second kappa shape index (κ2) is 6.82. The van der Waals surface area contributed by atoms with Gasteiger partial charge in [-0.05, 0) is 6.92 Å². The Labute approximate surface area is 72.8 Å². The Kier molecular flexibility index (Phi) is 6.32. The molecular formula is C8H16N2O2. The number of hydrogen-bond acceptors (Lipinski definition) is 3. The zero-order chi connectivity index (χ0) is 9.40. The zero-order valence-corrected chi connectivity index (χ0v) is 7.43. The van der Waals surface area contributed by atoms with Crippen molar-refractivity contribution < 1.29 is 9.53 Å². The third-order valence-electron chi connectivity index (χ3n) is 1.18. The van der Waals surface area contributed by atoms with Gasteiger partial charge >= 0.3 is 0 Å². The molecule has 1 amide bonds. The van der Waals surface area contributed by atoms with Crippen molar-refractivity contribution in [3.8, 4) is 0 Å². The summed E-state index contributed by atoms with van der Waals surface area (Å²) in [5, 5.41) is 2.64. The topological polar surface area (TPSA) is 64.3 Å². The van der Waals surface area contributed by atoms with Crippen LogP contribution in [-0.4, -0.2) is 32.2 Å². The molecule has 0 saturated heterocycles. The van der Waals surface area contributed by atoms with E-state index in [4.69, 9.17) is 10.5 Å². The van der Waals surface area contributed by atoms with Crippen LogP contribution < -0.4 is 11.1 Å². The van der Waals surface area contributed by atoms with Crippen molar-refractivity contribution in [2.45, 2.75) is 6.92 Å². The molecule has 3 N–H and O–H groups in total. The molecule has 0 aliphatic carbocycles. The standard InChI is InChI=1S/C8H16N2O2/c1-7(2)8(11)10-4-6-12-5-3-9/h1,3-6,9H2,2H3,(H,10,11). The van der Waals surface area contributed by atoms with Crippen molar-refractivity contribution in [2.24, 2.45) is 5.73 Å². The number of hydrogen-bond donors (Lipinski definition) is 2. The molecule has 0 atom stereocenters. The summed E-state index contributed by atoms with van der Waals surface area (Å²) in [6.45, 7) is 7.20. The van der Waals surface area contributed by atoms with E-state index in [1.807, 2.05) is 0 Å². The van der Waals surface area contributed by atoms with Crippen LogP contribution in [0.1, 0.15) is 6.92 Å². The molecule has 0 bridgehead atoms. The number of amides is 1. The Morgan fingerprint density at radius 2 is 2.25 bits per heavy atom. The van der Waals surface area contributed by atoms with Crippen molar-refractivity contribution in [2.75, 3.05) is 26.3 Å². The number of rotatable bonds is 6. The van der Waals surface area contributed by atoms with Gasteiger partial charge in [-0.2, -0.15) is 0 Å². The largest absolute Gasteiger partial charge is 0.378 e. The van der Waals surface area contributed by atoms with E-state index in [0.29, 0.717) is 31.9 Å². The fourth-order valence-electron chi connectivity index (χ4n) is 0.573. The SMILES string of the molecule is C=C(C)C(=O)NCCOCCN. The van der Waals surface area contributed by atoms with Gasteiger partial charge in [0.2, 0.25) is 5.91 Å².